The molecular weight excluding hydrogens is 459 g/mol. The number of hydrogen-bond acceptors (Lipinski definition) is 4. The number of pyridine rings is 1. The third-order valence-corrected chi connectivity index (χ3v) is 7.18. The summed E-state index contributed by atoms with van der Waals surface area (Å²) in [4.78, 5) is 27.3. The van der Waals surface area contributed by atoms with E-state index in [1.54, 1.807) is 19.9 Å². The molecule has 176 valence electrons. The van der Waals surface area contributed by atoms with Crippen LogP contribution in [-0.4, -0.2) is 42.9 Å². The number of rotatable bonds is 7. The second-order valence-corrected chi connectivity index (χ2v) is 9.14. The molecule has 7 nitrogen and oxygen atoms in total. The largest absolute Gasteiger partial charge is 0.412 e. The maximum Gasteiger partial charge on any atom is 0.412 e. The molecule has 11 heteroatoms. The van der Waals surface area contributed by atoms with E-state index in [2.05, 4.69) is 4.98 Å². The van der Waals surface area contributed by atoms with E-state index in [9.17, 15) is 31.2 Å². The summed E-state index contributed by atoms with van der Waals surface area (Å²) in [5, 5.41) is 1.94. The fraction of sp³-hybridized carbons (Fsp3) is 0.273. The molecule has 1 unspecified atom stereocenters. The minimum absolute atomic E-state index is 0.00863. The molecule has 0 saturated carbocycles. The Morgan fingerprint density at radius 1 is 1.06 bits per heavy atom. The topological polar surface area (TPSA) is 99.3 Å². The first-order valence-corrected chi connectivity index (χ1v) is 11.5. The molecule has 2 N–H and O–H groups in total. The summed E-state index contributed by atoms with van der Waals surface area (Å²) in [6.45, 7) is 3.75. The van der Waals surface area contributed by atoms with Crippen molar-refractivity contribution in [3.05, 3.63) is 76.1 Å². The normalized spacial score (nSPS) is 13.3. The molecule has 3 aromatic rings. The molecule has 0 aliphatic rings. The molecule has 1 atom stereocenters. The second-order valence-electron chi connectivity index (χ2n) is 7.20. The molecule has 33 heavy (non-hydrogen) atoms. The Balaban J connectivity index is 2.11. The third kappa shape index (κ3) is 5.09. The monoisotopic (exact) mass is 481 g/mol. The van der Waals surface area contributed by atoms with Gasteiger partial charge in [-0.05, 0) is 23.8 Å². The van der Waals surface area contributed by atoms with Crippen LogP contribution in [0, 0.1) is 0 Å². The minimum Gasteiger partial charge on any atom is -0.337 e. The summed E-state index contributed by atoms with van der Waals surface area (Å²) in [6, 6.07) is 9.11. The molecule has 0 radical (unpaired) electrons. The van der Waals surface area contributed by atoms with Crippen LogP contribution in [0.15, 0.2) is 64.3 Å². The van der Waals surface area contributed by atoms with Crippen molar-refractivity contribution in [3.8, 4) is 0 Å². The van der Waals surface area contributed by atoms with Crippen LogP contribution in [0.4, 0.5) is 13.2 Å². The van der Waals surface area contributed by atoms with E-state index in [1.165, 1.54) is 46.8 Å². The number of fused-ring (bicyclic) bond motifs is 1. The molecular formula is C22H22F3N3O4S. The number of alkyl halides is 3. The van der Waals surface area contributed by atoms with E-state index in [-0.39, 0.29) is 40.0 Å². The lowest BCUT2D eigenvalue weighted by atomic mass is 10.0. The lowest BCUT2D eigenvalue weighted by Crippen LogP contribution is -2.38. The number of benzene rings is 2. The zero-order valence-corrected chi connectivity index (χ0v) is 18.6. The molecule has 0 spiro atoms. The van der Waals surface area contributed by atoms with Gasteiger partial charge in [0.1, 0.15) is 0 Å². The van der Waals surface area contributed by atoms with Gasteiger partial charge in [-0.2, -0.15) is 17.5 Å². The van der Waals surface area contributed by atoms with E-state index in [0.29, 0.717) is 0 Å². The van der Waals surface area contributed by atoms with Crippen LogP contribution >= 0.6 is 0 Å². The number of nitrogens with zero attached hydrogens (tertiary/aromatic N) is 1. The van der Waals surface area contributed by atoms with Crippen molar-refractivity contribution < 1.29 is 26.4 Å². The number of sulfonamides is 1. The van der Waals surface area contributed by atoms with Gasteiger partial charge in [-0.1, -0.05) is 44.2 Å². The molecule has 3 rings (SSSR count). The van der Waals surface area contributed by atoms with Gasteiger partial charge in [-0.25, -0.2) is 8.42 Å². The first kappa shape index (κ1) is 24.5. The van der Waals surface area contributed by atoms with Crippen molar-refractivity contribution in [2.45, 2.75) is 31.0 Å². The molecule has 1 amide bonds. The Kier molecular flexibility index (Phi) is 6.94. The van der Waals surface area contributed by atoms with Gasteiger partial charge >= 0.3 is 6.18 Å². The van der Waals surface area contributed by atoms with Gasteiger partial charge in [0.15, 0.2) is 6.04 Å². The number of carbonyl (C=O) groups excluding carboxylic acids is 1. The molecule has 1 heterocycles. The summed E-state index contributed by atoms with van der Waals surface area (Å²) in [5.74, 6) is -1.16. The van der Waals surface area contributed by atoms with Crippen LogP contribution in [0.25, 0.3) is 10.9 Å². The van der Waals surface area contributed by atoms with Crippen LogP contribution in [0.3, 0.4) is 0 Å². The van der Waals surface area contributed by atoms with Crippen LogP contribution < -0.4 is 10.9 Å². The maximum atomic E-state index is 13.7. The average Bonchev–Trinajstić information content (AvgIpc) is 2.76. The number of aromatic amines is 1. The molecule has 0 fully saturated rings. The van der Waals surface area contributed by atoms with Gasteiger partial charge < -0.3 is 10.3 Å². The second kappa shape index (κ2) is 9.36. The molecule has 0 saturated heterocycles. The summed E-state index contributed by atoms with van der Waals surface area (Å²) in [5.41, 5.74) is -1.14. The van der Waals surface area contributed by atoms with Crippen molar-refractivity contribution in [2.24, 2.45) is 0 Å². The van der Waals surface area contributed by atoms with E-state index >= 15 is 0 Å². The number of hydrogen-bond donors (Lipinski definition) is 2. The smallest absolute Gasteiger partial charge is 0.337 e. The number of carbonyl (C=O) groups is 1. The Bertz CT molecular complexity index is 1320. The molecule has 2 aromatic carbocycles. The first-order chi connectivity index (χ1) is 15.5. The standard InChI is InChI=1S/C22H22F3N3O4S/c1-3-28(4-2)33(31,32)15-10-11-18-16(12-15)17(13-19(29)26-18)21(30)27-20(22(23,24)25)14-8-6-5-7-9-14/h5-13,20H,3-4H2,1-2H3,(H,26,29)(H,27,30). The minimum atomic E-state index is -4.80. The summed E-state index contributed by atoms with van der Waals surface area (Å²) < 4.78 is 68.1. The van der Waals surface area contributed by atoms with E-state index in [4.69, 9.17) is 0 Å². The van der Waals surface area contributed by atoms with Crippen molar-refractivity contribution >= 4 is 26.8 Å². The van der Waals surface area contributed by atoms with Gasteiger partial charge in [0.2, 0.25) is 15.6 Å². The highest BCUT2D eigenvalue weighted by atomic mass is 32.2. The van der Waals surface area contributed by atoms with Gasteiger partial charge in [0.25, 0.3) is 5.91 Å². The van der Waals surface area contributed by atoms with Crippen molar-refractivity contribution in [2.75, 3.05) is 13.1 Å². The number of H-pyrrole nitrogens is 1. The Labute approximate surface area is 188 Å². The van der Waals surface area contributed by atoms with Crippen molar-refractivity contribution in [3.63, 3.8) is 0 Å². The van der Waals surface area contributed by atoms with Crippen LogP contribution in [0.5, 0.6) is 0 Å². The summed E-state index contributed by atoms with van der Waals surface area (Å²) in [6.07, 6.45) is -4.80. The maximum absolute atomic E-state index is 13.7. The predicted molar refractivity (Wildman–Crippen MR) is 117 cm³/mol. The Morgan fingerprint density at radius 2 is 1.70 bits per heavy atom. The van der Waals surface area contributed by atoms with E-state index in [0.717, 1.165) is 6.07 Å². The molecule has 0 aliphatic carbocycles. The quantitative estimate of drug-likeness (QED) is 0.539. The summed E-state index contributed by atoms with van der Waals surface area (Å²) >= 11 is 0. The van der Waals surface area contributed by atoms with Crippen molar-refractivity contribution in [1.29, 1.82) is 0 Å². The van der Waals surface area contributed by atoms with E-state index < -0.39 is 33.7 Å². The Morgan fingerprint density at radius 3 is 2.27 bits per heavy atom. The van der Waals surface area contributed by atoms with E-state index in [1.807, 2.05) is 5.32 Å². The van der Waals surface area contributed by atoms with Gasteiger partial charge in [-0.3, -0.25) is 9.59 Å². The fourth-order valence-electron chi connectivity index (χ4n) is 3.50. The molecule has 1 aromatic heterocycles. The van der Waals surface area contributed by atoms with Crippen molar-refractivity contribution in [1.82, 2.24) is 14.6 Å². The van der Waals surface area contributed by atoms with Crippen LogP contribution in [0.1, 0.15) is 35.8 Å². The number of halogens is 3. The highest BCUT2D eigenvalue weighted by Crippen LogP contribution is 2.33. The lowest BCUT2D eigenvalue weighted by Gasteiger charge is -2.22. The average molecular weight is 481 g/mol. The zero-order chi connectivity index (χ0) is 24.4. The number of nitrogens with one attached hydrogen (secondary N) is 2. The number of aromatic nitrogens is 1. The van der Waals surface area contributed by atoms with Crippen LogP contribution in [0.2, 0.25) is 0 Å². The fourth-order valence-corrected chi connectivity index (χ4v) is 4.99. The molecule has 0 aliphatic heterocycles. The molecule has 0 bridgehead atoms. The third-order valence-electron chi connectivity index (χ3n) is 5.14. The zero-order valence-electron chi connectivity index (χ0n) is 17.8. The van der Waals surface area contributed by atoms with Gasteiger partial charge in [0.05, 0.1) is 10.5 Å². The highest BCUT2D eigenvalue weighted by Gasteiger charge is 2.42. The van der Waals surface area contributed by atoms with Gasteiger partial charge in [0, 0.05) is 30.1 Å². The SMILES string of the molecule is CCN(CC)S(=O)(=O)c1ccc2[nH]c(=O)cc(C(=O)NC(c3ccccc3)C(F)(F)F)c2c1. The predicted octanol–water partition coefficient (Wildman–Crippen LogP) is 3.59. The van der Waals surface area contributed by atoms with Gasteiger partial charge in [-0.15, -0.1) is 0 Å². The Hall–Kier alpha value is -3.18. The summed E-state index contributed by atoms with van der Waals surface area (Å²) in [7, 11) is -3.90. The van der Waals surface area contributed by atoms with Crippen LogP contribution in [-0.2, 0) is 10.0 Å². The highest BCUT2D eigenvalue weighted by molar-refractivity contribution is 7.89. The number of amides is 1. The lowest BCUT2D eigenvalue weighted by molar-refractivity contribution is -0.155. The first-order valence-electron chi connectivity index (χ1n) is 10.1.